The number of aromatic nitrogens is 2. The van der Waals surface area contributed by atoms with E-state index in [4.69, 9.17) is 9.94 Å². The number of hydrogen-bond acceptors (Lipinski definition) is 5. The molecule has 136 valence electrons. The Bertz CT molecular complexity index is 794. The second-order valence-corrected chi connectivity index (χ2v) is 6.12. The lowest BCUT2D eigenvalue weighted by Gasteiger charge is -2.19. The summed E-state index contributed by atoms with van der Waals surface area (Å²) >= 11 is 0. The van der Waals surface area contributed by atoms with Crippen molar-refractivity contribution in [2.75, 3.05) is 7.11 Å². The fourth-order valence-electron chi connectivity index (χ4n) is 2.80. The number of H-pyrrole nitrogens is 1. The van der Waals surface area contributed by atoms with E-state index >= 15 is 0 Å². The third-order valence-electron chi connectivity index (χ3n) is 4.06. The van der Waals surface area contributed by atoms with Gasteiger partial charge in [-0.05, 0) is 36.5 Å². The van der Waals surface area contributed by atoms with Gasteiger partial charge in [0, 0.05) is 0 Å². The molecule has 0 fully saturated rings. The predicted octanol–water partition coefficient (Wildman–Crippen LogP) is 1.38. The molecule has 0 aliphatic rings. The summed E-state index contributed by atoms with van der Waals surface area (Å²) in [6, 6.07) is 6.48. The summed E-state index contributed by atoms with van der Waals surface area (Å²) in [6.07, 6.45) is 0.954. The van der Waals surface area contributed by atoms with Crippen molar-refractivity contribution in [3.05, 3.63) is 46.0 Å². The summed E-state index contributed by atoms with van der Waals surface area (Å²) in [7, 11) is 1.58. The van der Waals surface area contributed by atoms with Gasteiger partial charge in [0.2, 0.25) is 5.88 Å². The lowest BCUT2D eigenvalue weighted by Crippen LogP contribution is -2.37. The first kappa shape index (κ1) is 18.6. The van der Waals surface area contributed by atoms with Crippen molar-refractivity contribution in [3.8, 4) is 11.6 Å². The molecule has 4 N–H and O–H groups in total. The molecule has 1 heterocycles. The summed E-state index contributed by atoms with van der Waals surface area (Å²) in [4.78, 5) is 26.7. The third kappa shape index (κ3) is 4.03. The number of hydroxylamine groups is 1. The molecule has 0 bridgehead atoms. The number of imidazole rings is 1. The molecule has 0 spiro atoms. The Balaban J connectivity index is 2.26. The number of nitrogens with zero attached hydrogens (tertiary/aromatic N) is 1. The van der Waals surface area contributed by atoms with Crippen LogP contribution in [-0.2, 0) is 17.6 Å². The van der Waals surface area contributed by atoms with Crippen LogP contribution in [0, 0.1) is 5.92 Å². The zero-order valence-corrected chi connectivity index (χ0v) is 14.4. The normalized spacial score (nSPS) is 12.2. The number of aromatic amines is 1. The summed E-state index contributed by atoms with van der Waals surface area (Å²) in [5.41, 5.74) is 2.27. The van der Waals surface area contributed by atoms with Crippen molar-refractivity contribution in [3.63, 3.8) is 0 Å². The van der Waals surface area contributed by atoms with Gasteiger partial charge in [-0.15, -0.1) is 0 Å². The Morgan fingerprint density at radius 3 is 2.68 bits per heavy atom. The van der Waals surface area contributed by atoms with Crippen LogP contribution >= 0.6 is 0 Å². The average Bonchev–Trinajstić information content (AvgIpc) is 2.87. The molecule has 1 amide bonds. The van der Waals surface area contributed by atoms with Gasteiger partial charge in [0.1, 0.15) is 11.8 Å². The molecule has 1 aromatic heterocycles. The Morgan fingerprint density at radius 1 is 1.36 bits per heavy atom. The van der Waals surface area contributed by atoms with Crippen molar-refractivity contribution in [2.24, 2.45) is 5.92 Å². The van der Waals surface area contributed by atoms with E-state index in [2.05, 4.69) is 4.98 Å². The van der Waals surface area contributed by atoms with Crippen LogP contribution in [0.2, 0.25) is 0 Å². The minimum absolute atomic E-state index is 0.296. The summed E-state index contributed by atoms with van der Waals surface area (Å²) in [5.74, 6) is -0.633. The first-order valence-electron chi connectivity index (χ1n) is 7.98. The van der Waals surface area contributed by atoms with Crippen molar-refractivity contribution >= 4 is 5.91 Å². The predicted molar refractivity (Wildman–Crippen MR) is 90.9 cm³/mol. The van der Waals surface area contributed by atoms with Gasteiger partial charge in [-0.2, -0.15) is 0 Å². The Labute approximate surface area is 145 Å². The number of carbonyl (C=O) groups is 1. The van der Waals surface area contributed by atoms with Crippen LogP contribution < -0.4 is 15.9 Å². The average molecular weight is 349 g/mol. The zero-order chi connectivity index (χ0) is 18.6. The molecular formula is C17H23N3O5. The van der Waals surface area contributed by atoms with Crippen molar-refractivity contribution in [1.29, 1.82) is 0 Å². The van der Waals surface area contributed by atoms with Crippen LogP contribution in [0.5, 0.6) is 11.6 Å². The van der Waals surface area contributed by atoms with Crippen LogP contribution in [0.1, 0.15) is 31.1 Å². The summed E-state index contributed by atoms with van der Waals surface area (Å²) in [5, 5.41) is 19.3. The fraction of sp³-hybridized carbons (Fsp3) is 0.412. The fourth-order valence-corrected chi connectivity index (χ4v) is 2.80. The molecule has 1 aromatic carbocycles. The highest BCUT2D eigenvalue weighted by atomic mass is 16.5. The van der Waals surface area contributed by atoms with Gasteiger partial charge in [-0.25, -0.2) is 10.3 Å². The number of ether oxygens (including phenoxy) is 1. The van der Waals surface area contributed by atoms with Crippen LogP contribution in [0.15, 0.2) is 29.1 Å². The van der Waals surface area contributed by atoms with E-state index in [1.54, 1.807) is 26.4 Å². The third-order valence-corrected chi connectivity index (χ3v) is 4.06. The van der Waals surface area contributed by atoms with Crippen LogP contribution in [0.25, 0.3) is 0 Å². The maximum Gasteiger partial charge on any atom is 0.329 e. The van der Waals surface area contributed by atoms with Gasteiger partial charge in [-0.3, -0.25) is 14.6 Å². The number of benzene rings is 1. The van der Waals surface area contributed by atoms with E-state index in [0.29, 0.717) is 18.5 Å². The highest BCUT2D eigenvalue weighted by Gasteiger charge is 2.29. The molecule has 2 rings (SSSR count). The van der Waals surface area contributed by atoms with Gasteiger partial charge < -0.3 is 14.8 Å². The van der Waals surface area contributed by atoms with Crippen LogP contribution in [-0.4, -0.2) is 32.9 Å². The van der Waals surface area contributed by atoms with E-state index in [9.17, 15) is 14.7 Å². The molecule has 8 heteroatoms. The molecule has 8 nitrogen and oxygen atoms in total. The molecule has 0 aliphatic carbocycles. The molecule has 0 saturated heterocycles. The molecule has 0 unspecified atom stereocenters. The van der Waals surface area contributed by atoms with Crippen LogP contribution in [0.4, 0.5) is 0 Å². The molecule has 25 heavy (non-hydrogen) atoms. The lowest BCUT2D eigenvalue weighted by molar-refractivity contribution is -0.134. The maximum absolute atomic E-state index is 12.2. The van der Waals surface area contributed by atoms with Gasteiger partial charge in [0.05, 0.1) is 12.8 Å². The van der Waals surface area contributed by atoms with Gasteiger partial charge in [0.15, 0.2) is 0 Å². The van der Waals surface area contributed by atoms with E-state index in [-0.39, 0.29) is 11.8 Å². The highest BCUT2D eigenvalue weighted by Crippen LogP contribution is 2.25. The molecule has 0 saturated carbocycles. The topological polar surface area (TPSA) is 117 Å². The minimum atomic E-state index is -1.01. The number of hydrogen-bond donors (Lipinski definition) is 4. The zero-order valence-electron chi connectivity index (χ0n) is 14.4. The second-order valence-electron chi connectivity index (χ2n) is 6.12. The minimum Gasteiger partial charge on any atom is -0.497 e. The molecular weight excluding hydrogens is 326 g/mol. The number of nitrogens with one attached hydrogen (secondary N) is 2. The van der Waals surface area contributed by atoms with Gasteiger partial charge in [0.25, 0.3) is 5.91 Å². The number of methoxy groups -OCH3 is 1. The first-order valence-corrected chi connectivity index (χ1v) is 7.98. The standard InChI is InChI=1S/C17H23N3O5/c1-10(2)14(15(21)19-24)20-16(22)13(18-17(20)23)8-7-11-5-4-6-12(9-11)25-3/h4-6,9-10,14,22,24H,7-8H2,1-3H3,(H,18,23)(H,19,21)/t14-/m1/s1. The molecule has 1 atom stereocenters. The van der Waals surface area contributed by atoms with E-state index < -0.39 is 17.6 Å². The Kier molecular flexibility index (Phi) is 5.87. The summed E-state index contributed by atoms with van der Waals surface area (Å²) in [6.45, 7) is 3.43. The van der Waals surface area contributed by atoms with E-state index in [1.165, 1.54) is 0 Å². The molecule has 2 aromatic rings. The van der Waals surface area contributed by atoms with E-state index in [0.717, 1.165) is 15.9 Å². The van der Waals surface area contributed by atoms with Crippen LogP contribution in [0.3, 0.4) is 0 Å². The molecule has 0 radical (unpaired) electrons. The highest BCUT2D eigenvalue weighted by molar-refractivity contribution is 5.79. The number of carbonyl (C=O) groups excluding carboxylic acids is 1. The molecule has 0 aliphatic heterocycles. The lowest BCUT2D eigenvalue weighted by atomic mass is 10.0. The van der Waals surface area contributed by atoms with Crippen molar-refractivity contribution < 1.29 is 19.8 Å². The second kappa shape index (κ2) is 7.89. The van der Waals surface area contributed by atoms with Gasteiger partial charge >= 0.3 is 5.69 Å². The van der Waals surface area contributed by atoms with Crippen molar-refractivity contribution in [2.45, 2.75) is 32.7 Å². The number of amides is 1. The number of rotatable bonds is 7. The SMILES string of the molecule is COc1cccc(CCc2[nH]c(=O)n([C@@H](C(=O)NO)C(C)C)c2O)c1. The van der Waals surface area contributed by atoms with E-state index in [1.807, 2.05) is 24.3 Å². The quantitative estimate of drug-likeness (QED) is 0.445. The Morgan fingerprint density at radius 2 is 2.08 bits per heavy atom. The largest absolute Gasteiger partial charge is 0.497 e. The number of aryl methyl sites for hydroxylation is 2. The van der Waals surface area contributed by atoms with Crippen molar-refractivity contribution in [1.82, 2.24) is 15.0 Å². The smallest absolute Gasteiger partial charge is 0.329 e. The van der Waals surface area contributed by atoms with Gasteiger partial charge in [-0.1, -0.05) is 26.0 Å². The Hall–Kier alpha value is -2.74. The first-order chi connectivity index (χ1) is 11.9. The maximum atomic E-state index is 12.2. The number of aromatic hydroxyl groups is 1. The summed E-state index contributed by atoms with van der Waals surface area (Å²) < 4.78 is 6.14. The monoisotopic (exact) mass is 349 g/mol.